The number of primary amides is 1. The normalized spacial score (nSPS) is 14.4. The molecule has 0 radical (unpaired) electrons. The largest absolute Gasteiger partial charge is 0.483 e. The number of aromatic nitrogens is 1. The van der Waals surface area contributed by atoms with Crippen LogP contribution in [0.25, 0.3) is 17.0 Å². The van der Waals surface area contributed by atoms with Crippen LogP contribution in [0.2, 0.25) is 0 Å². The van der Waals surface area contributed by atoms with Crippen molar-refractivity contribution in [2.75, 3.05) is 6.61 Å². The van der Waals surface area contributed by atoms with Crippen LogP contribution in [0.1, 0.15) is 28.4 Å². The number of aryl methyl sites for hydroxylation is 1. The number of carbonyl (C=O) groups excluding carboxylic acids is 2. The fourth-order valence-corrected chi connectivity index (χ4v) is 3.47. The average Bonchev–Trinajstić information content (AvgIpc) is 3.20. The highest BCUT2D eigenvalue weighted by molar-refractivity contribution is 6.15. The van der Waals surface area contributed by atoms with Gasteiger partial charge in [-0.2, -0.15) is 0 Å². The van der Waals surface area contributed by atoms with Gasteiger partial charge in [-0.05, 0) is 38.1 Å². The van der Waals surface area contributed by atoms with E-state index in [1.807, 2.05) is 24.4 Å². The van der Waals surface area contributed by atoms with Gasteiger partial charge in [0.05, 0.1) is 5.56 Å². The fraction of sp³-hybridized carbons (Fsp3) is 0.182. The van der Waals surface area contributed by atoms with Crippen LogP contribution in [0.5, 0.6) is 11.5 Å². The van der Waals surface area contributed by atoms with Gasteiger partial charge in [0.2, 0.25) is 5.78 Å². The van der Waals surface area contributed by atoms with Crippen LogP contribution in [0.15, 0.2) is 48.4 Å². The zero-order valence-corrected chi connectivity index (χ0v) is 15.7. The summed E-state index contributed by atoms with van der Waals surface area (Å²) in [7, 11) is 0. The van der Waals surface area contributed by atoms with Crippen molar-refractivity contribution < 1.29 is 19.1 Å². The van der Waals surface area contributed by atoms with E-state index < -0.39 is 5.91 Å². The molecule has 0 saturated carbocycles. The van der Waals surface area contributed by atoms with E-state index in [0.717, 1.165) is 23.0 Å². The molecule has 0 bridgehead atoms. The molecule has 0 spiro atoms. The third-order valence-corrected chi connectivity index (χ3v) is 4.85. The second kappa shape index (κ2) is 6.88. The van der Waals surface area contributed by atoms with Gasteiger partial charge in [0.1, 0.15) is 11.5 Å². The molecule has 2 N–H and O–H groups in total. The Morgan fingerprint density at radius 2 is 2.04 bits per heavy atom. The summed E-state index contributed by atoms with van der Waals surface area (Å²) in [6, 6.07) is 11.4. The number of benzene rings is 2. The molecule has 6 nitrogen and oxygen atoms in total. The zero-order valence-electron chi connectivity index (χ0n) is 15.7. The van der Waals surface area contributed by atoms with Crippen LogP contribution in [0.3, 0.4) is 0 Å². The molecule has 4 rings (SSSR count). The molecule has 1 aliphatic rings. The number of rotatable bonds is 5. The lowest BCUT2D eigenvalue weighted by atomic mass is 10.1. The Kier molecular flexibility index (Phi) is 4.39. The summed E-state index contributed by atoms with van der Waals surface area (Å²) in [5.41, 5.74) is 8.31. The number of para-hydroxylation sites is 1. The number of Topliss-reactive ketones (excluding diaryl/α,β-unsaturated/α-hetero) is 1. The average molecular weight is 376 g/mol. The van der Waals surface area contributed by atoms with Gasteiger partial charge in [0.25, 0.3) is 5.91 Å². The van der Waals surface area contributed by atoms with Gasteiger partial charge in [0, 0.05) is 34.8 Å². The van der Waals surface area contributed by atoms with E-state index >= 15 is 0 Å². The van der Waals surface area contributed by atoms with Crippen molar-refractivity contribution in [1.82, 2.24) is 4.57 Å². The van der Waals surface area contributed by atoms with Crippen molar-refractivity contribution in [1.29, 1.82) is 0 Å². The minimum Gasteiger partial charge on any atom is -0.483 e. The molecular formula is C22H20N2O4. The van der Waals surface area contributed by atoms with Gasteiger partial charge in [-0.15, -0.1) is 0 Å². The molecule has 1 amide bonds. The van der Waals surface area contributed by atoms with E-state index in [-0.39, 0.29) is 18.1 Å². The van der Waals surface area contributed by atoms with Crippen LogP contribution >= 0.6 is 0 Å². The molecule has 142 valence electrons. The molecule has 2 aromatic carbocycles. The lowest BCUT2D eigenvalue weighted by molar-refractivity contribution is -0.119. The van der Waals surface area contributed by atoms with Gasteiger partial charge in [-0.1, -0.05) is 18.2 Å². The minimum atomic E-state index is -0.565. The second-order valence-electron chi connectivity index (χ2n) is 6.65. The predicted octanol–water partition coefficient (Wildman–Crippen LogP) is 3.45. The van der Waals surface area contributed by atoms with Crippen LogP contribution in [-0.2, 0) is 11.3 Å². The summed E-state index contributed by atoms with van der Waals surface area (Å²) in [5, 5.41) is 1.06. The van der Waals surface area contributed by atoms with Gasteiger partial charge in [-0.25, -0.2) is 0 Å². The number of carbonyl (C=O) groups is 2. The Morgan fingerprint density at radius 1 is 1.25 bits per heavy atom. The van der Waals surface area contributed by atoms with Crippen molar-refractivity contribution >= 4 is 28.7 Å². The van der Waals surface area contributed by atoms with Gasteiger partial charge < -0.3 is 19.8 Å². The maximum absolute atomic E-state index is 12.8. The molecular weight excluding hydrogens is 356 g/mol. The molecule has 0 saturated heterocycles. The van der Waals surface area contributed by atoms with Crippen LogP contribution < -0.4 is 15.2 Å². The van der Waals surface area contributed by atoms with Crippen molar-refractivity contribution in [2.24, 2.45) is 5.73 Å². The molecule has 2 heterocycles. The molecule has 6 heteroatoms. The predicted molar refractivity (Wildman–Crippen MR) is 106 cm³/mol. The number of allylic oxidation sites excluding steroid dienone is 1. The number of hydrogen-bond acceptors (Lipinski definition) is 4. The van der Waals surface area contributed by atoms with Crippen molar-refractivity contribution in [2.45, 2.75) is 20.4 Å². The SMILES string of the molecule is CCn1cc(C=C2Oc3c(ccc(OCC(N)=O)c3C)C2=O)c2ccccc21. The fourth-order valence-electron chi connectivity index (χ4n) is 3.47. The Hall–Kier alpha value is -3.54. The Labute approximate surface area is 162 Å². The Balaban J connectivity index is 1.72. The van der Waals surface area contributed by atoms with Crippen molar-refractivity contribution in [3.63, 3.8) is 0 Å². The standard InChI is InChI=1S/C22H20N2O4/c1-3-24-11-14(15-6-4-5-7-17(15)24)10-19-21(26)16-8-9-18(27-12-20(23)25)13(2)22(16)28-19/h4-11H,3,12H2,1-2H3,(H2,23,25). The van der Waals surface area contributed by atoms with E-state index in [1.165, 1.54) is 0 Å². The molecule has 0 atom stereocenters. The highest BCUT2D eigenvalue weighted by Crippen LogP contribution is 2.39. The quantitative estimate of drug-likeness (QED) is 0.692. The highest BCUT2D eigenvalue weighted by Gasteiger charge is 2.30. The number of nitrogens with zero attached hydrogens (tertiary/aromatic N) is 1. The first-order chi connectivity index (χ1) is 13.5. The van der Waals surface area contributed by atoms with E-state index in [1.54, 1.807) is 25.1 Å². The number of fused-ring (bicyclic) bond motifs is 2. The number of amides is 1. The highest BCUT2D eigenvalue weighted by atomic mass is 16.5. The van der Waals surface area contributed by atoms with Crippen molar-refractivity contribution in [3.8, 4) is 11.5 Å². The number of ether oxygens (including phenoxy) is 2. The summed E-state index contributed by atoms with van der Waals surface area (Å²) >= 11 is 0. The zero-order chi connectivity index (χ0) is 19.8. The third-order valence-electron chi connectivity index (χ3n) is 4.85. The Morgan fingerprint density at radius 3 is 2.79 bits per heavy atom. The maximum atomic E-state index is 12.8. The van der Waals surface area contributed by atoms with E-state index in [9.17, 15) is 9.59 Å². The summed E-state index contributed by atoms with van der Waals surface area (Å²) in [6.45, 7) is 4.47. The summed E-state index contributed by atoms with van der Waals surface area (Å²) in [6.07, 6.45) is 3.80. The van der Waals surface area contributed by atoms with Crippen molar-refractivity contribution in [3.05, 3.63) is 65.0 Å². The van der Waals surface area contributed by atoms with Crippen LogP contribution in [-0.4, -0.2) is 22.9 Å². The van der Waals surface area contributed by atoms with E-state index in [4.69, 9.17) is 15.2 Å². The Bertz CT molecular complexity index is 1140. The third kappa shape index (κ3) is 2.93. The summed E-state index contributed by atoms with van der Waals surface area (Å²) < 4.78 is 13.4. The van der Waals surface area contributed by atoms with Gasteiger partial charge in [0.15, 0.2) is 12.4 Å². The smallest absolute Gasteiger partial charge is 0.255 e. The molecule has 0 unspecified atom stereocenters. The molecule has 0 fully saturated rings. The van der Waals surface area contributed by atoms with Gasteiger partial charge in [-0.3, -0.25) is 9.59 Å². The molecule has 1 aromatic heterocycles. The van der Waals surface area contributed by atoms with E-state index in [0.29, 0.717) is 22.6 Å². The summed E-state index contributed by atoms with van der Waals surface area (Å²) in [5.74, 6) is 0.452. The first-order valence-electron chi connectivity index (χ1n) is 9.06. The number of ketones is 1. The summed E-state index contributed by atoms with van der Waals surface area (Å²) in [4.78, 5) is 23.8. The lowest BCUT2D eigenvalue weighted by Crippen LogP contribution is -2.20. The molecule has 0 aliphatic carbocycles. The van der Waals surface area contributed by atoms with E-state index in [2.05, 4.69) is 17.6 Å². The molecule has 28 heavy (non-hydrogen) atoms. The maximum Gasteiger partial charge on any atom is 0.255 e. The second-order valence-corrected chi connectivity index (χ2v) is 6.65. The lowest BCUT2D eigenvalue weighted by Gasteiger charge is -2.09. The monoisotopic (exact) mass is 376 g/mol. The van der Waals surface area contributed by atoms with Gasteiger partial charge >= 0.3 is 0 Å². The number of hydrogen-bond donors (Lipinski definition) is 1. The number of nitrogens with two attached hydrogens (primary N) is 1. The molecule has 3 aromatic rings. The van der Waals surface area contributed by atoms with Crippen LogP contribution in [0.4, 0.5) is 0 Å². The van der Waals surface area contributed by atoms with Crippen LogP contribution in [0, 0.1) is 6.92 Å². The first kappa shape index (κ1) is 17.9. The topological polar surface area (TPSA) is 83.5 Å². The first-order valence-corrected chi connectivity index (χ1v) is 9.06. The minimum absolute atomic E-state index is 0.173. The molecule has 1 aliphatic heterocycles.